The minimum Gasteiger partial charge on any atom is -1.00 e. The van der Waals surface area contributed by atoms with Gasteiger partial charge in [-0.25, -0.2) is 4.79 Å². The predicted octanol–water partition coefficient (Wildman–Crippen LogP) is 11.9. The normalized spacial score (nSPS) is 16.6. The summed E-state index contributed by atoms with van der Waals surface area (Å²) in [6, 6.07) is 30.9. The highest BCUT2D eigenvalue weighted by molar-refractivity contribution is 9.11. The highest BCUT2D eigenvalue weighted by atomic mass is 127. The van der Waals surface area contributed by atoms with Gasteiger partial charge in [0.2, 0.25) is 0 Å². The summed E-state index contributed by atoms with van der Waals surface area (Å²) in [6.07, 6.45) is 10.9. The van der Waals surface area contributed by atoms with Gasteiger partial charge in [-0.05, 0) is 172 Å². The van der Waals surface area contributed by atoms with Gasteiger partial charge in [0.15, 0.2) is 0 Å². The Labute approximate surface area is 485 Å². The number of aldehydes is 1. The topological polar surface area (TPSA) is 167 Å². The Morgan fingerprint density at radius 3 is 1.25 bits per heavy atom. The van der Waals surface area contributed by atoms with Crippen LogP contribution in [0, 0.1) is 11.8 Å². The highest BCUT2D eigenvalue weighted by Crippen LogP contribution is 2.49. The smallest absolute Gasteiger partial charge is 0.331 e. The molecule has 4 aromatic rings. The number of rotatable bonds is 9. The molecule has 0 bridgehead atoms. The summed E-state index contributed by atoms with van der Waals surface area (Å²) in [7, 11) is -3.70. The van der Waals surface area contributed by atoms with Gasteiger partial charge in [-0.2, -0.15) is 0 Å². The molecule has 2 aliphatic rings. The first-order valence-corrected chi connectivity index (χ1v) is 31.6. The zero-order valence-corrected chi connectivity index (χ0v) is 54.4. The fraction of sp³-hybridized carbons (Fsp3) is 0.436. The van der Waals surface area contributed by atoms with E-state index in [9.17, 15) is 32.7 Å². The minimum absolute atomic E-state index is 0. The third-order valence-electron chi connectivity index (χ3n) is 8.83. The fourth-order valence-electron chi connectivity index (χ4n) is 5.76. The third-order valence-corrected chi connectivity index (χ3v) is 12.0. The third kappa shape index (κ3) is 36.8. The number of esters is 3. The molecule has 6 rings (SSSR count). The van der Waals surface area contributed by atoms with E-state index in [-0.39, 0.29) is 71.4 Å². The summed E-state index contributed by atoms with van der Waals surface area (Å²) < 4.78 is 41.0. The van der Waals surface area contributed by atoms with Crippen LogP contribution in [0.15, 0.2) is 121 Å². The average Bonchev–Trinajstić information content (AvgIpc) is 4.15. The number of hydrogen-bond donors (Lipinski definition) is 1. The standard InChI is InChI=1S/C14H17BrO2.C13H15BrO2.C10H9BrO2.C8H17O3P.C7H5BrO.C3H9OS.HI/c1-14(2,3)17-13(16)12-8-11(12)9-4-6-10(15)7-5-9;1-13(2,3)16-12(15)9-6-10-4-7-11(14)8-5-10;11-7-3-1-6(2-4-7)8-5-9(8)10(12)13;1-8(2,3)11-7(9)6-12(4,5)10;8-7-3-1-6(5-9)2-4-7;1-5(2,3)4;/h4-7,11-12H,8H2,1-3H3;4-9H,1-3H3;1-4,8-9H,5H2,(H,12,13);6H2,1-5H3;1-5H;1-3H3;1H/q;;;;;+1;/p-1/b;9-6+;;;;;. The molecule has 18 heteroatoms. The molecule has 11 nitrogen and oxygen atoms in total. The van der Waals surface area contributed by atoms with Crippen LogP contribution in [0.25, 0.3) is 6.08 Å². The van der Waals surface area contributed by atoms with E-state index in [1.54, 1.807) is 71.1 Å². The van der Waals surface area contributed by atoms with E-state index < -0.39 is 34.2 Å². The molecule has 0 heterocycles. The first kappa shape index (κ1) is 70.2. The van der Waals surface area contributed by atoms with Gasteiger partial charge in [0.05, 0.1) is 35.1 Å². The molecule has 0 radical (unpaired) electrons. The minimum atomic E-state index is -2.28. The van der Waals surface area contributed by atoms with Crippen LogP contribution in [0.4, 0.5) is 0 Å². The van der Waals surface area contributed by atoms with Gasteiger partial charge in [0.25, 0.3) is 0 Å². The number of carbonyl (C=O) groups is 5. The molecule has 0 aromatic heterocycles. The molecule has 4 atom stereocenters. The monoisotopic (exact) mass is 1410 g/mol. The van der Waals surface area contributed by atoms with Gasteiger partial charge in [-0.15, -0.1) is 4.21 Å². The van der Waals surface area contributed by atoms with Crippen molar-refractivity contribution in [2.45, 2.75) is 104 Å². The lowest BCUT2D eigenvalue weighted by atomic mass is 10.1. The molecular formula is C55H72Br4IO11PS. The number of halogens is 5. The van der Waals surface area contributed by atoms with E-state index in [4.69, 9.17) is 19.3 Å². The molecule has 0 amide bonds. The summed E-state index contributed by atoms with van der Waals surface area (Å²) in [5, 5.41) is 8.73. The van der Waals surface area contributed by atoms with E-state index in [1.807, 2.05) is 114 Å². The van der Waals surface area contributed by atoms with Crippen LogP contribution in [0.1, 0.15) is 114 Å². The van der Waals surface area contributed by atoms with E-state index in [0.717, 1.165) is 48.1 Å². The summed E-state index contributed by atoms with van der Waals surface area (Å²) in [5.41, 5.74) is 2.73. The van der Waals surface area contributed by atoms with Crippen LogP contribution >= 0.6 is 70.9 Å². The molecule has 2 aliphatic carbocycles. The molecule has 0 spiro atoms. The first-order valence-electron chi connectivity index (χ1n) is 22.8. The largest absolute Gasteiger partial charge is 1.00 e. The van der Waals surface area contributed by atoms with Crippen molar-refractivity contribution in [2.75, 3.05) is 38.3 Å². The van der Waals surface area contributed by atoms with Crippen molar-refractivity contribution in [2.24, 2.45) is 11.8 Å². The Bertz CT molecular complexity index is 2480. The number of carbonyl (C=O) groups excluding carboxylic acids is 4. The second-order valence-corrected chi connectivity index (χ2v) is 31.6. The molecule has 73 heavy (non-hydrogen) atoms. The Morgan fingerprint density at radius 1 is 0.603 bits per heavy atom. The van der Waals surface area contributed by atoms with Crippen molar-refractivity contribution < 1.29 is 76.0 Å². The first-order chi connectivity index (χ1) is 32.8. The lowest BCUT2D eigenvalue weighted by Gasteiger charge is -2.20. The van der Waals surface area contributed by atoms with Gasteiger partial charge in [0.1, 0.15) is 41.9 Å². The number of benzene rings is 4. The maximum absolute atomic E-state index is 11.8. The summed E-state index contributed by atoms with van der Waals surface area (Å²) in [4.78, 5) is 55.0. The van der Waals surface area contributed by atoms with Crippen LogP contribution in [-0.4, -0.2) is 90.3 Å². The van der Waals surface area contributed by atoms with Crippen LogP contribution in [0.5, 0.6) is 0 Å². The maximum Gasteiger partial charge on any atom is 0.331 e. The van der Waals surface area contributed by atoms with Gasteiger partial charge in [-0.1, -0.05) is 112 Å². The Balaban J connectivity index is 0.000000875. The van der Waals surface area contributed by atoms with Crippen molar-refractivity contribution in [3.63, 3.8) is 0 Å². The van der Waals surface area contributed by atoms with Crippen molar-refractivity contribution in [1.29, 1.82) is 0 Å². The van der Waals surface area contributed by atoms with Gasteiger partial charge < -0.3 is 47.9 Å². The fourth-order valence-corrected chi connectivity index (χ4v) is 7.50. The zero-order chi connectivity index (χ0) is 55.4. The van der Waals surface area contributed by atoms with Gasteiger partial charge in [-0.3, -0.25) is 19.2 Å². The van der Waals surface area contributed by atoms with Crippen LogP contribution in [0.3, 0.4) is 0 Å². The number of carboxylic acid groups (broad SMARTS) is 1. The average molecular weight is 1420 g/mol. The van der Waals surface area contributed by atoms with Crippen molar-refractivity contribution >= 4 is 117 Å². The molecule has 0 aliphatic heterocycles. The second kappa shape index (κ2) is 32.1. The van der Waals surface area contributed by atoms with E-state index >= 15 is 0 Å². The molecular weight excluding hydrogens is 1350 g/mol. The predicted molar refractivity (Wildman–Crippen MR) is 308 cm³/mol. The maximum atomic E-state index is 11.8. The molecule has 2 saturated carbocycles. The SMILES string of the molecule is CC(C)(C)OC(=O)/C=C/c1ccc(Br)cc1.CC(C)(C)OC(=O)C1CC1c1ccc(Br)cc1.CC(C)(C)OC(=O)CP(C)(C)=O.C[S+](C)(C)=O.O=C(O)C1CC1c1ccc(Br)cc1.O=Cc1ccc(Br)cc1.[I-]. The zero-order valence-electron chi connectivity index (χ0n) is 44.2. The summed E-state index contributed by atoms with van der Waals surface area (Å²) in [6.45, 7) is 19.8. The van der Waals surface area contributed by atoms with Crippen molar-refractivity contribution in [1.82, 2.24) is 0 Å². The molecule has 4 unspecified atom stereocenters. The number of ether oxygens (including phenoxy) is 3. The molecule has 4 aromatic carbocycles. The van der Waals surface area contributed by atoms with E-state index in [0.29, 0.717) is 11.5 Å². The quantitative estimate of drug-likeness (QED) is 0.0322. The molecule has 0 saturated heterocycles. The molecule has 404 valence electrons. The number of carboxylic acids is 1. The van der Waals surface area contributed by atoms with Crippen molar-refractivity contribution in [3.8, 4) is 0 Å². The van der Waals surface area contributed by atoms with Crippen LogP contribution in [0.2, 0.25) is 0 Å². The summed E-state index contributed by atoms with van der Waals surface area (Å²) in [5.74, 6) is -0.954. The lowest BCUT2D eigenvalue weighted by molar-refractivity contribution is -0.156. The van der Waals surface area contributed by atoms with E-state index in [2.05, 4.69) is 75.9 Å². The van der Waals surface area contributed by atoms with Crippen molar-refractivity contribution in [3.05, 3.63) is 143 Å². The van der Waals surface area contributed by atoms with Crippen LogP contribution < -0.4 is 24.0 Å². The van der Waals surface area contributed by atoms with E-state index in [1.165, 1.54) is 11.6 Å². The second-order valence-electron chi connectivity index (χ2n) is 21.0. The van der Waals surface area contributed by atoms with Gasteiger partial charge >= 0.3 is 23.9 Å². The molecule has 1 N–H and O–H groups in total. The van der Waals surface area contributed by atoms with Crippen LogP contribution in [-0.2, 0) is 52.1 Å². The number of aliphatic carboxylic acids is 1. The lowest BCUT2D eigenvalue weighted by Crippen LogP contribution is -3.00. The highest BCUT2D eigenvalue weighted by Gasteiger charge is 2.46. The molecule has 2 fully saturated rings. The Hall–Kier alpha value is -2.80. The Kier molecular flexibility index (Phi) is 30.8. The summed E-state index contributed by atoms with van der Waals surface area (Å²) >= 11 is 13.4. The van der Waals surface area contributed by atoms with Gasteiger partial charge in [0, 0.05) is 29.5 Å². The number of hydrogen-bond acceptors (Lipinski definition) is 10. The Morgan fingerprint density at radius 2 is 0.932 bits per heavy atom.